The van der Waals surface area contributed by atoms with Crippen molar-refractivity contribution in [2.45, 2.75) is 24.8 Å². The maximum atomic E-state index is 13.4. The van der Waals surface area contributed by atoms with Gasteiger partial charge in [0.1, 0.15) is 5.82 Å². The van der Waals surface area contributed by atoms with Crippen LogP contribution in [0.2, 0.25) is 0 Å². The summed E-state index contributed by atoms with van der Waals surface area (Å²) >= 11 is 0. The summed E-state index contributed by atoms with van der Waals surface area (Å²) in [6.45, 7) is 2.69. The van der Waals surface area contributed by atoms with Crippen LogP contribution in [0, 0.1) is 5.82 Å². The molecule has 0 atom stereocenters. The molecule has 8 heteroatoms. The van der Waals surface area contributed by atoms with Crippen molar-refractivity contribution in [2.75, 3.05) is 20.3 Å². The Morgan fingerprint density at radius 2 is 2.05 bits per heavy atom. The molecule has 0 saturated carbocycles. The van der Waals surface area contributed by atoms with Gasteiger partial charge in [-0.05, 0) is 32.0 Å². The van der Waals surface area contributed by atoms with Gasteiger partial charge in [0.15, 0.2) is 0 Å². The number of nitrogens with zero attached hydrogens (tertiary/aromatic N) is 1. The number of ether oxygens (including phenoxy) is 1. The van der Waals surface area contributed by atoms with E-state index in [0.717, 1.165) is 29.6 Å². The lowest BCUT2D eigenvalue weighted by atomic mass is 10.2. The number of esters is 1. The molecule has 0 radical (unpaired) electrons. The molecule has 0 bridgehead atoms. The highest BCUT2D eigenvalue weighted by atomic mass is 32.2. The highest BCUT2D eigenvalue weighted by Gasteiger charge is 2.31. The van der Waals surface area contributed by atoms with Gasteiger partial charge in [0.2, 0.25) is 10.0 Å². The number of carbonyl (C=O) groups excluding carboxylic acids is 1. The van der Waals surface area contributed by atoms with E-state index in [4.69, 9.17) is 5.11 Å². The fourth-order valence-corrected chi connectivity index (χ4v) is 3.69. The van der Waals surface area contributed by atoms with Gasteiger partial charge >= 0.3 is 5.97 Å². The van der Waals surface area contributed by atoms with Crippen LogP contribution < -0.4 is 0 Å². The second-order valence-electron chi connectivity index (χ2n) is 4.57. The van der Waals surface area contributed by atoms with Gasteiger partial charge in [0.05, 0.1) is 24.2 Å². The third-order valence-electron chi connectivity index (χ3n) is 2.83. The van der Waals surface area contributed by atoms with Crippen LogP contribution in [0.25, 0.3) is 0 Å². The normalized spacial score (nSPS) is 12.0. The number of hydrogen-bond acceptors (Lipinski definition) is 5. The van der Waals surface area contributed by atoms with Crippen LogP contribution in [-0.4, -0.2) is 50.1 Å². The molecule has 1 rings (SSSR count). The molecule has 1 aromatic carbocycles. The number of aliphatic hydroxyl groups excluding tert-OH is 1. The minimum Gasteiger partial charge on any atom is -0.465 e. The first-order valence-corrected chi connectivity index (χ1v) is 7.70. The molecule has 0 saturated heterocycles. The number of methoxy groups -OCH3 is 1. The summed E-state index contributed by atoms with van der Waals surface area (Å²) in [6, 6.07) is 2.35. The molecule has 0 heterocycles. The SMILES string of the molecule is COC(=O)c1ccc(F)cc1S(=O)(=O)N(CCO)C(C)C. The lowest BCUT2D eigenvalue weighted by Crippen LogP contribution is -2.39. The van der Waals surface area contributed by atoms with E-state index >= 15 is 0 Å². The molecule has 0 amide bonds. The summed E-state index contributed by atoms with van der Waals surface area (Å²) in [6.07, 6.45) is 0. The first-order chi connectivity index (χ1) is 9.75. The van der Waals surface area contributed by atoms with Gasteiger partial charge in [-0.25, -0.2) is 17.6 Å². The third kappa shape index (κ3) is 3.78. The van der Waals surface area contributed by atoms with Crippen LogP contribution >= 0.6 is 0 Å². The van der Waals surface area contributed by atoms with E-state index in [9.17, 15) is 17.6 Å². The largest absolute Gasteiger partial charge is 0.465 e. The van der Waals surface area contributed by atoms with E-state index in [-0.39, 0.29) is 18.7 Å². The van der Waals surface area contributed by atoms with Gasteiger partial charge in [-0.1, -0.05) is 0 Å². The smallest absolute Gasteiger partial charge is 0.339 e. The van der Waals surface area contributed by atoms with Gasteiger partial charge in [-0.2, -0.15) is 4.31 Å². The van der Waals surface area contributed by atoms with E-state index in [1.165, 1.54) is 0 Å². The van der Waals surface area contributed by atoms with Crippen molar-refractivity contribution in [2.24, 2.45) is 0 Å². The Balaban J connectivity index is 3.48. The lowest BCUT2D eigenvalue weighted by molar-refractivity contribution is 0.0596. The summed E-state index contributed by atoms with van der Waals surface area (Å²) in [5.41, 5.74) is -0.248. The summed E-state index contributed by atoms with van der Waals surface area (Å²) in [7, 11) is -3.03. The number of aliphatic hydroxyl groups is 1. The average Bonchev–Trinajstić information content (AvgIpc) is 2.43. The predicted molar refractivity (Wildman–Crippen MR) is 73.9 cm³/mol. The number of hydrogen-bond donors (Lipinski definition) is 1. The van der Waals surface area contributed by atoms with Crippen LogP contribution in [0.4, 0.5) is 4.39 Å². The second-order valence-corrected chi connectivity index (χ2v) is 6.42. The van der Waals surface area contributed by atoms with Crippen molar-refractivity contribution in [3.05, 3.63) is 29.6 Å². The van der Waals surface area contributed by atoms with Gasteiger partial charge < -0.3 is 9.84 Å². The van der Waals surface area contributed by atoms with Crippen LogP contribution in [0.15, 0.2) is 23.1 Å². The molecule has 21 heavy (non-hydrogen) atoms. The van der Waals surface area contributed by atoms with Crippen molar-refractivity contribution >= 4 is 16.0 Å². The number of halogens is 1. The predicted octanol–water partition coefficient (Wildman–Crippen LogP) is 1.00. The zero-order valence-corrected chi connectivity index (χ0v) is 12.9. The van der Waals surface area contributed by atoms with Gasteiger partial charge in [-0.3, -0.25) is 0 Å². The van der Waals surface area contributed by atoms with E-state index < -0.39 is 32.7 Å². The Labute approximate surface area is 123 Å². The highest BCUT2D eigenvalue weighted by molar-refractivity contribution is 7.89. The minimum atomic E-state index is -4.14. The fourth-order valence-electron chi connectivity index (χ4n) is 1.87. The standard InChI is InChI=1S/C13H18FNO5S/c1-9(2)15(6-7-16)21(18,19)12-8-10(14)4-5-11(12)13(17)20-3/h4-5,8-9,16H,6-7H2,1-3H3. The third-order valence-corrected chi connectivity index (χ3v) is 4.95. The van der Waals surface area contributed by atoms with Crippen molar-refractivity contribution in [3.8, 4) is 0 Å². The molecular formula is C13H18FNO5S. The van der Waals surface area contributed by atoms with Gasteiger partial charge in [-0.15, -0.1) is 0 Å². The van der Waals surface area contributed by atoms with E-state index in [0.29, 0.717) is 0 Å². The maximum absolute atomic E-state index is 13.4. The fraction of sp³-hybridized carbons (Fsp3) is 0.462. The number of sulfonamides is 1. The molecule has 1 N–H and O–H groups in total. The molecule has 0 spiro atoms. The van der Waals surface area contributed by atoms with Crippen molar-refractivity contribution in [1.29, 1.82) is 0 Å². The number of benzene rings is 1. The van der Waals surface area contributed by atoms with Crippen LogP contribution in [-0.2, 0) is 14.8 Å². The molecule has 1 aromatic rings. The Morgan fingerprint density at radius 1 is 1.43 bits per heavy atom. The zero-order valence-electron chi connectivity index (χ0n) is 12.0. The zero-order chi connectivity index (χ0) is 16.2. The highest BCUT2D eigenvalue weighted by Crippen LogP contribution is 2.23. The summed E-state index contributed by atoms with van der Waals surface area (Å²) in [4.78, 5) is 11.2. The van der Waals surface area contributed by atoms with Crippen molar-refractivity contribution in [1.82, 2.24) is 4.31 Å². The molecule has 0 aliphatic carbocycles. The van der Waals surface area contributed by atoms with E-state index in [1.54, 1.807) is 13.8 Å². The second kappa shape index (κ2) is 6.97. The van der Waals surface area contributed by atoms with Crippen LogP contribution in [0.1, 0.15) is 24.2 Å². The minimum absolute atomic E-state index is 0.156. The Hall–Kier alpha value is -1.51. The molecule has 0 aliphatic heterocycles. The molecule has 0 unspecified atom stereocenters. The van der Waals surface area contributed by atoms with E-state index in [1.807, 2.05) is 0 Å². The molecule has 0 fully saturated rings. The topological polar surface area (TPSA) is 83.9 Å². The monoisotopic (exact) mass is 319 g/mol. The van der Waals surface area contributed by atoms with E-state index in [2.05, 4.69) is 4.74 Å². The lowest BCUT2D eigenvalue weighted by Gasteiger charge is -2.25. The summed E-state index contributed by atoms with van der Waals surface area (Å²) < 4.78 is 44.1. The Morgan fingerprint density at radius 3 is 2.52 bits per heavy atom. The number of carbonyl (C=O) groups is 1. The quantitative estimate of drug-likeness (QED) is 0.791. The van der Waals surface area contributed by atoms with Gasteiger partial charge in [0.25, 0.3) is 0 Å². The number of rotatable bonds is 6. The first kappa shape index (κ1) is 17.5. The van der Waals surface area contributed by atoms with Crippen molar-refractivity contribution < 1.29 is 27.4 Å². The van der Waals surface area contributed by atoms with Crippen LogP contribution in [0.5, 0.6) is 0 Å². The van der Waals surface area contributed by atoms with Crippen LogP contribution in [0.3, 0.4) is 0 Å². The average molecular weight is 319 g/mol. The Bertz CT molecular complexity index is 615. The maximum Gasteiger partial charge on any atom is 0.339 e. The molecule has 0 aliphatic rings. The van der Waals surface area contributed by atoms with Gasteiger partial charge in [0, 0.05) is 12.6 Å². The first-order valence-electron chi connectivity index (χ1n) is 6.26. The van der Waals surface area contributed by atoms with Crippen molar-refractivity contribution in [3.63, 3.8) is 0 Å². The summed E-state index contributed by atoms with van der Waals surface area (Å²) in [5.74, 6) is -1.66. The molecule has 6 nitrogen and oxygen atoms in total. The molecule has 0 aromatic heterocycles. The Kier molecular flexibility index (Phi) is 5.82. The molecule has 118 valence electrons. The summed E-state index contributed by atoms with van der Waals surface area (Å²) in [5, 5.41) is 9.00. The molecular weight excluding hydrogens is 301 g/mol.